The molecular weight excluding hydrogens is 328 g/mol. The standard InChI is InChI=1S/C22H30O4/c1-2-16-15-17(21(23)25-18-9-5-3-6-10-18)13-14-20(16)22(24)26-19-11-7-4-8-12-19/h13-15,18-19H,2-12H2,1H3. The van der Waals surface area contributed by atoms with Crippen LogP contribution in [0.25, 0.3) is 0 Å². The van der Waals surface area contributed by atoms with Gasteiger partial charge >= 0.3 is 11.9 Å². The highest BCUT2D eigenvalue weighted by Crippen LogP contribution is 2.24. The highest BCUT2D eigenvalue weighted by atomic mass is 16.5. The second-order valence-electron chi connectivity index (χ2n) is 7.56. The van der Waals surface area contributed by atoms with Crippen molar-refractivity contribution in [3.8, 4) is 0 Å². The van der Waals surface area contributed by atoms with E-state index in [0.29, 0.717) is 17.5 Å². The maximum absolute atomic E-state index is 12.6. The van der Waals surface area contributed by atoms with E-state index in [4.69, 9.17) is 9.47 Å². The van der Waals surface area contributed by atoms with Gasteiger partial charge in [0.15, 0.2) is 0 Å². The van der Waals surface area contributed by atoms with E-state index in [-0.39, 0.29) is 24.1 Å². The molecule has 1 aromatic carbocycles. The molecule has 0 heterocycles. The van der Waals surface area contributed by atoms with Gasteiger partial charge < -0.3 is 9.47 Å². The monoisotopic (exact) mass is 358 g/mol. The molecule has 4 heteroatoms. The molecule has 0 spiro atoms. The molecule has 26 heavy (non-hydrogen) atoms. The molecule has 0 bridgehead atoms. The largest absolute Gasteiger partial charge is 0.459 e. The van der Waals surface area contributed by atoms with E-state index in [2.05, 4.69) is 0 Å². The number of esters is 2. The Kier molecular flexibility index (Phi) is 6.70. The number of carbonyl (C=O) groups excluding carboxylic acids is 2. The first-order valence-electron chi connectivity index (χ1n) is 10.2. The molecule has 0 aliphatic heterocycles. The van der Waals surface area contributed by atoms with E-state index >= 15 is 0 Å². The maximum Gasteiger partial charge on any atom is 0.338 e. The third kappa shape index (κ3) is 4.87. The lowest BCUT2D eigenvalue weighted by Gasteiger charge is -2.23. The van der Waals surface area contributed by atoms with Gasteiger partial charge in [-0.25, -0.2) is 9.59 Å². The molecule has 0 N–H and O–H groups in total. The zero-order valence-corrected chi connectivity index (χ0v) is 15.8. The summed E-state index contributed by atoms with van der Waals surface area (Å²) in [5.41, 5.74) is 1.96. The van der Waals surface area contributed by atoms with Crippen LogP contribution in [0.4, 0.5) is 0 Å². The smallest absolute Gasteiger partial charge is 0.338 e. The van der Waals surface area contributed by atoms with Crippen LogP contribution >= 0.6 is 0 Å². The van der Waals surface area contributed by atoms with Crippen molar-refractivity contribution in [1.29, 1.82) is 0 Å². The second kappa shape index (κ2) is 9.20. The van der Waals surface area contributed by atoms with Crippen LogP contribution in [0.2, 0.25) is 0 Å². The van der Waals surface area contributed by atoms with Crippen LogP contribution in [-0.2, 0) is 15.9 Å². The molecule has 3 rings (SSSR count). The van der Waals surface area contributed by atoms with Crippen LogP contribution < -0.4 is 0 Å². The molecule has 2 aliphatic rings. The Hall–Kier alpha value is -1.84. The summed E-state index contributed by atoms with van der Waals surface area (Å²) in [5.74, 6) is -0.542. The van der Waals surface area contributed by atoms with Crippen molar-refractivity contribution in [2.75, 3.05) is 0 Å². The highest BCUT2D eigenvalue weighted by molar-refractivity contribution is 5.95. The maximum atomic E-state index is 12.6. The number of aryl methyl sites for hydroxylation is 1. The summed E-state index contributed by atoms with van der Waals surface area (Å²) >= 11 is 0. The number of hydrogen-bond acceptors (Lipinski definition) is 4. The van der Waals surface area contributed by atoms with Gasteiger partial charge in [0, 0.05) is 0 Å². The van der Waals surface area contributed by atoms with Crippen LogP contribution in [0.15, 0.2) is 18.2 Å². The molecule has 0 radical (unpaired) electrons. The Labute approximate surface area is 156 Å². The third-order valence-corrected chi connectivity index (χ3v) is 5.59. The average molecular weight is 358 g/mol. The second-order valence-corrected chi connectivity index (χ2v) is 7.56. The Morgan fingerprint density at radius 3 is 1.92 bits per heavy atom. The Bertz CT molecular complexity index is 625. The van der Waals surface area contributed by atoms with Gasteiger partial charge in [-0.15, -0.1) is 0 Å². The van der Waals surface area contributed by atoms with E-state index in [1.165, 1.54) is 12.8 Å². The lowest BCUT2D eigenvalue weighted by atomic mass is 9.97. The minimum absolute atomic E-state index is 0.0388. The quantitative estimate of drug-likeness (QED) is 0.677. The zero-order chi connectivity index (χ0) is 18.4. The summed E-state index contributed by atoms with van der Waals surface area (Å²) < 4.78 is 11.3. The van der Waals surface area contributed by atoms with Gasteiger partial charge in [0.2, 0.25) is 0 Å². The predicted octanol–water partition coefficient (Wildman–Crippen LogP) is 5.23. The van der Waals surface area contributed by atoms with E-state index in [1.54, 1.807) is 18.2 Å². The van der Waals surface area contributed by atoms with Crippen molar-refractivity contribution in [1.82, 2.24) is 0 Å². The Morgan fingerprint density at radius 2 is 1.38 bits per heavy atom. The minimum Gasteiger partial charge on any atom is -0.459 e. The van der Waals surface area contributed by atoms with Crippen LogP contribution in [-0.4, -0.2) is 24.1 Å². The van der Waals surface area contributed by atoms with Crippen LogP contribution in [0.1, 0.15) is 97.4 Å². The predicted molar refractivity (Wildman–Crippen MR) is 100 cm³/mol. The van der Waals surface area contributed by atoms with Gasteiger partial charge in [0.25, 0.3) is 0 Å². The third-order valence-electron chi connectivity index (χ3n) is 5.59. The van der Waals surface area contributed by atoms with Gasteiger partial charge in [-0.1, -0.05) is 19.8 Å². The topological polar surface area (TPSA) is 52.6 Å². The van der Waals surface area contributed by atoms with Crippen LogP contribution in [0, 0.1) is 0 Å². The zero-order valence-electron chi connectivity index (χ0n) is 15.8. The minimum atomic E-state index is -0.279. The Morgan fingerprint density at radius 1 is 0.846 bits per heavy atom. The molecule has 0 unspecified atom stereocenters. The van der Waals surface area contributed by atoms with Crippen molar-refractivity contribution in [2.24, 2.45) is 0 Å². The van der Waals surface area contributed by atoms with Crippen molar-refractivity contribution >= 4 is 11.9 Å². The summed E-state index contributed by atoms with van der Waals surface area (Å²) in [5, 5.41) is 0. The molecule has 0 atom stereocenters. The summed E-state index contributed by atoms with van der Waals surface area (Å²) in [6.07, 6.45) is 11.6. The first-order valence-corrected chi connectivity index (χ1v) is 10.2. The normalized spacial score (nSPS) is 19.1. The number of rotatable bonds is 5. The van der Waals surface area contributed by atoms with E-state index in [0.717, 1.165) is 56.9 Å². The highest BCUT2D eigenvalue weighted by Gasteiger charge is 2.23. The Balaban J connectivity index is 1.66. The number of ether oxygens (including phenoxy) is 2. The summed E-state index contributed by atoms with van der Waals surface area (Å²) in [6.45, 7) is 1.99. The van der Waals surface area contributed by atoms with Crippen molar-refractivity contribution in [2.45, 2.75) is 89.8 Å². The molecule has 2 aliphatic carbocycles. The number of benzene rings is 1. The molecule has 4 nitrogen and oxygen atoms in total. The van der Waals surface area contributed by atoms with Crippen molar-refractivity contribution < 1.29 is 19.1 Å². The molecule has 2 saturated carbocycles. The SMILES string of the molecule is CCc1cc(C(=O)OC2CCCCC2)ccc1C(=O)OC1CCCCC1. The van der Waals surface area contributed by atoms with Crippen LogP contribution in [0.5, 0.6) is 0 Å². The van der Waals surface area contributed by atoms with E-state index in [9.17, 15) is 9.59 Å². The summed E-state index contributed by atoms with van der Waals surface area (Å²) in [6, 6.07) is 5.21. The van der Waals surface area contributed by atoms with Crippen molar-refractivity contribution in [3.63, 3.8) is 0 Å². The molecule has 0 saturated heterocycles. The molecule has 1 aromatic rings. The fraction of sp³-hybridized carbons (Fsp3) is 0.636. The van der Waals surface area contributed by atoms with E-state index < -0.39 is 0 Å². The van der Waals surface area contributed by atoms with Gasteiger partial charge in [0.1, 0.15) is 12.2 Å². The first-order chi connectivity index (χ1) is 12.7. The van der Waals surface area contributed by atoms with Crippen LogP contribution in [0.3, 0.4) is 0 Å². The van der Waals surface area contributed by atoms with E-state index in [1.807, 2.05) is 6.92 Å². The fourth-order valence-corrected chi connectivity index (χ4v) is 4.01. The molecular formula is C22H30O4. The lowest BCUT2D eigenvalue weighted by molar-refractivity contribution is 0.0195. The molecule has 2 fully saturated rings. The molecule has 0 amide bonds. The molecule has 0 aromatic heterocycles. The van der Waals surface area contributed by atoms with Crippen molar-refractivity contribution in [3.05, 3.63) is 34.9 Å². The van der Waals surface area contributed by atoms with Gasteiger partial charge in [-0.2, -0.15) is 0 Å². The number of hydrogen-bond donors (Lipinski definition) is 0. The summed E-state index contributed by atoms with van der Waals surface area (Å²) in [7, 11) is 0. The summed E-state index contributed by atoms with van der Waals surface area (Å²) in [4.78, 5) is 25.0. The number of carbonyl (C=O) groups is 2. The van der Waals surface area contributed by atoms with Gasteiger partial charge in [0.05, 0.1) is 11.1 Å². The van der Waals surface area contributed by atoms with Gasteiger partial charge in [-0.05, 0) is 81.5 Å². The van der Waals surface area contributed by atoms with Gasteiger partial charge in [-0.3, -0.25) is 0 Å². The fourth-order valence-electron chi connectivity index (χ4n) is 4.01. The lowest BCUT2D eigenvalue weighted by Crippen LogP contribution is -2.22. The molecule has 142 valence electrons. The first kappa shape index (κ1) is 18.9. The average Bonchev–Trinajstić information content (AvgIpc) is 2.69.